The smallest absolute Gasteiger partial charge is 0.247 e. The van der Waals surface area contributed by atoms with Crippen LogP contribution in [0.25, 0.3) is 0 Å². The van der Waals surface area contributed by atoms with Crippen molar-refractivity contribution in [3.63, 3.8) is 0 Å². The summed E-state index contributed by atoms with van der Waals surface area (Å²) in [6, 6.07) is 0.128. The predicted octanol–water partition coefficient (Wildman–Crippen LogP) is 0.819. The molecule has 0 amide bonds. The summed E-state index contributed by atoms with van der Waals surface area (Å²) in [5, 5.41) is 9.99. The molecule has 6 nitrogen and oxygen atoms in total. The lowest BCUT2D eigenvalue weighted by atomic mass is 10.2. The molecular weight excluding hydrogens is 288 g/mol. The van der Waals surface area contributed by atoms with Gasteiger partial charge in [-0.3, -0.25) is 5.10 Å². The highest BCUT2D eigenvalue weighted by molar-refractivity contribution is 7.89. The molecule has 1 saturated heterocycles. The number of aromatic nitrogens is 2. The third-order valence-corrected chi connectivity index (χ3v) is 5.58. The number of H-pyrrole nitrogens is 1. The lowest BCUT2D eigenvalue weighted by molar-refractivity contribution is 0.244. The van der Waals surface area contributed by atoms with Gasteiger partial charge in [-0.25, -0.2) is 8.42 Å². The van der Waals surface area contributed by atoms with Crippen LogP contribution in [0.5, 0.6) is 0 Å². The first-order chi connectivity index (χ1) is 8.34. The maximum Gasteiger partial charge on any atom is 0.247 e. The molecule has 1 aromatic rings. The minimum absolute atomic E-state index is 0. The van der Waals surface area contributed by atoms with E-state index in [9.17, 15) is 8.42 Å². The van der Waals surface area contributed by atoms with Crippen LogP contribution in [0.3, 0.4) is 0 Å². The Labute approximate surface area is 120 Å². The van der Waals surface area contributed by atoms with Crippen LogP contribution < -0.4 is 5.32 Å². The van der Waals surface area contributed by atoms with Gasteiger partial charge in [0.15, 0.2) is 0 Å². The third kappa shape index (κ3) is 2.94. The Morgan fingerprint density at radius 2 is 1.95 bits per heavy atom. The van der Waals surface area contributed by atoms with Crippen molar-refractivity contribution in [3.05, 3.63) is 11.4 Å². The van der Waals surface area contributed by atoms with Crippen LogP contribution in [0.4, 0.5) is 0 Å². The number of nitrogens with zero attached hydrogens (tertiary/aromatic N) is 2. The summed E-state index contributed by atoms with van der Waals surface area (Å²) in [4.78, 5) is 0.323. The SMILES string of the molecule is Cc1n[nH]c(C)c1S(=O)(=O)N1CC(C)NCC1C.Cl. The van der Waals surface area contributed by atoms with Crippen LogP contribution in [-0.4, -0.2) is 48.1 Å². The second kappa shape index (κ2) is 5.78. The fraction of sp³-hybridized carbons (Fsp3) is 0.727. The molecule has 110 valence electrons. The Morgan fingerprint density at radius 1 is 1.32 bits per heavy atom. The Balaban J connectivity index is 0.00000180. The van der Waals surface area contributed by atoms with Crippen molar-refractivity contribution in [2.24, 2.45) is 0 Å². The van der Waals surface area contributed by atoms with Gasteiger partial charge in [0, 0.05) is 25.2 Å². The van der Waals surface area contributed by atoms with Crippen LogP contribution in [0.1, 0.15) is 25.2 Å². The normalized spacial score (nSPS) is 25.1. The van der Waals surface area contributed by atoms with E-state index in [-0.39, 0.29) is 24.5 Å². The topological polar surface area (TPSA) is 78.1 Å². The average Bonchev–Trinajstić information content (AvgIpc) is 2.62. The number of rotatable bonds is 2. The Hall–Kier alpha value is -0.630. The maximum atomic E-state index is 12.7. The molecule has 19 heavy (non-hydrogen) atoms. The highest BCUT2D eigenvalue weighted by Gasteiger charge is 2.36. The minimum Gasteiger partial charge on any atom is -0.311 e. The van der Waals surface area contributed by atoms with E-state index in [4.69, 9.17) is 0 Å². The number of piperazine rings is 1. The van der Waals surface area contributed by atoms with Crippen molar-refractivity contribution in [2.45, 2.75) is 44.7 Å². The van der Waals surface area contributed by atoms with E-state index in [0.29, 0.717) is 29.4 Å². The standard InChI is InChI=1S/C11H20N4O2S.ClH/c1-7-6-15(8(2)5-12-7)18(16,17)11-9(3)13-14-10(11)4;/h7-8,12H,5-6H2,1-4H3,(H,13,14);1H. The van der Waals surface area contributed by atoms with E-state index in [0.717, 1.165) is 0 Å². The van der Waals surface area contributed by atoms with E-state index in [1.807, 2.05) is 13.8 Å². The number of nitrogens with one attached hydrogen (secondary N) is 2. The molecule has 1 aliphatic rings. The van der Waals surface area contributed by atoms with Crippen molar-refractivity contribution in [1.29, 1.82) is 0 Å². The summed E-state index contributed by atoms with van der Waals surface area (Å²) in [5.41, 5.74) is 1.14. The quantitative estimate of drug-likeness (QED) is 0.848. The number of sulfonamides is 1. The summed E-state index contributed by atoms with van der Waals surface area (Å²) in [6.45, 7) is 8.53. The van der Waals surface area contributed by atoms with Crippen molar-refractivity contribution in [3.8, 4) is 0 Å². The van der Waals surface area contributed by atoms with Crippen LogP contribution in [-0.2, 0) is 10.0 Å². The molecule has 0 radical (unpaired) electrons. The number of hydrogen-bond acceptors (Lipinski definition) is 4. The third-order valence-electron chi connectivity index (χ3n) is 3.33. The molecule has 2 atom stereocenters. The lowest BCUT2D eigenvalue weighted by Crippen LogP contribution is -2.56. The Kier molecular flexibility index (Phi) is 5.00. The van der Waals surface area contributed by atoms with E-state index >= 15 is 0 Å². The predicted molar refractivity (Wildman–Crippen MR) is 76.1 cm³/mol. The van der Waals surface area contributed by atoms with Crippen molar-refractivity contribution >= 4 is 22.4 Å². The first kappa shape index (κ1) is 16.4. The number of halogens is 1. The molecule has 2 N–H and O–H groups in total. The number of hydrogen-bond donors (Lipinski definition) is 2. The van der Waals surface area contributed by atoms with Crippen molar-refractivity contribution < 1.29 is 8.42 Å². The Morgan fingerprint density at radius 3 is 2.47 bits per heavy atom. The summed E-state index contributed by atoms with van der Waals surface area (Å²) in [6.07, 6.45) is 0. The number of aromatic amines is 1. The first-order valence-corrected chi connectivity index (χ1v) is 7.55. The van der Waals surface area contributed by atoms with Crippen LogP contribution in [0, 0.1) is 13.8 Å². The highest BCUT2D eigenvalue weighted by Crippen LogP contribution is 2.24. The van der Waals surface area contributed by atoms with Gasteiger partial charge in [0.2, 0.25) is 10.0 Å². The summed E-state index contributed by atoms with van der Waals surface area (Å²) < 4.78 is 26.9. The fourth-order valence-corrected chi connectivity index (χ4v) is 4.42. The monoisotopic (exact) mass is 308 g/mol. The van der Waals surface area contributed by atoms with Crippen LogP contribution in [0.2, 0.25) is 0 Å². The van der Waals surface area contributed by atoms with Gasteiger partial charge in [-0.1, -0.05) is 0 Å². The molecule has 1 aromatic heterocycles. The molecule has 2 heterocycles. The molecule has 0 saturated carbocycles. The first-order valence-electron chi connectivity index (χ1n) is 6.11. The van der Waals surface area contributed by atoms with Gasteiger partial charge in [-0.2, -0.15) is 9.40 Å². The van der Waals surface area contributed by atoms with E-state index in [1.54, 1.807) is 18.2 Å². The van der Waals surface area contributed by atoms with E-state index in [2.05, 4.69) is 15.5 Å². The zero-order chi connectivity index (χ0) is 13.5. The molecule has 0 spiro atoms. The van der Waals surface area contributed by atoms with Crippen molar-refractivity contribution in [1.82, 2.24) is 19.8 Å². The molecule has 0 bridgehead atoms. The molecular formula is C11H21ClN4O2S. The fourth-order valence-electron chi connectivity index (χ4n) is 2.36. The summed E-state index contributed by atoms with van der Waals surface area (Å²) in [5.74, 6) is 0. The zero-order valence-electron chi connectivity index (χ0n) is 11.6. The van der Waals surface area contributed by atoms with Gasteiger partial charge in [0.05, 0.1) is 11.4 Å². The highest BCUT2D eigenvalue weighted by atomic mass is 35.5. The van der Waals surface area contributed by atoms with Crippen molar-refractivity contribution in [2.75, 3.05) is 13.1 Å². The number of aryl methyl sites for hydroxylation is 2. The molecule has 0 aliphatic carbocycles. The zero-order valence-corrected chi connectivity index (χ0v) is 13.2. The minimum atomic E-state index is -3.46. The van der Waals surface area contributed by atoms with Gasteiger partial charge in [-0.05, 0) is 27.7 Å². The largest absolute Gasteiger partial charge is 0.311 e. The van der Waals surface area contributed by atoms with Gasteiger partial charge in [0.1, 0.15) is 4.90 Å². The van der Waals surface area contributed by atoms with Crippen LogP contribution >= 0.6 is 12.4 Å². The van der Waals surface area contributed by atoms with Crippen LogP contribution in [0.15, 0.2) is 4.90 Å². The lowest BCUT2D eigenvalue weighted by Gasteiger charge is -2.36. The second-order valence-electron chi connectivity index (χ2n) is 5.00. The molecule has 1 aliphatic heterocycles. The van der Waals surface area contributed by atoms with Gasteiger partial charge in [-0.15, -0.1) is 12.4 Å². The summed E-state index contributed by atoms with van der Waals surface area (Å²) in [7, 11) is -3.46. The summed E-state index contributed by atoms with van der Waals surface area (Å²) >= 11 is 0. The van der Waals surface area contributed by atoms with E-state index in [1.165, 1.54) is 0 Å². The maximum absolute atomic E-state index is 12.7. The molecule has 8 heteroatoms. The van der Waals surface area contributed by atoms with Gasteiger partial charge >= 0.3 is 0 Å². The van der Waals surface area contributed by atoms with E-state index < -0.39 is 10.0 Å². The molecule has 2 unspecified atom stereocenters. The molecule has 1 fully saturated rings. The Bertz CT molecular complexity index is 523. The molecule has 0 aromatic carbocycles. The van der Waals surface area contributed by atoms with Gasteiger partial charge in [0.25, 0.3) is 0 Å². The van der Waals surface area contributed by atoms with Gasteiger partial charge < -0.3 is 5.32 Å². The average molecular weight is 309 g/mol. The molecule has 2 rings (SSSR count). The second-order valence-corrected chi connectivity index (χ2v) is 6.82.